The van der Waals surface area contributed by atoms with Gasteiger partial charge in [-0.05, 0) is 62.6 Å². The van der Waals surface area contributed by atoms with Crippen LogP contribution >= 0.6 is 0 Å². The molecule has 3 aliphatic rings. The van der Waals surface area contributed by atoms with Crippen molar-refractivity contribution in [2.45, 2.75) is 63.5 Å². The van der Waals surface area contributed by atoms with E-state index in [2.05, 4.69) is 20.4 Å². The number of carbonyl (C=O) groups excluding carboxylic acids is 1. The SMILES string of the molecule is NC(=O)c1cc2c(OCC3CCCC3)cccc2n1C1CCN(CCN2CCC(O)CC2)CC1. The first-order valence-corrected chi connectivity index (χ1v) is 13.3. The standard InChI is InChI=1S/C27H40N4O3/c28-27(33)25-18-23-24(6-3-7-26(23)34-19-20-4-1-2-5-20)31(25)21-8-12-29(13-9-21)16-17-30-14-10-22(32)11-15-30/h3,6-7,18,20-22,32H,1-2,4-5,8-17,19H2,(H2,28,33). The second-order valence-corrected chi connectivity index (χ2v) is 10.6. The first-order valence-electron chi connectivity index (χ1n) is 13.3. The van der Waals surface area contributed by atoms with Crippen LogP contribution < -0.4 is 10.5 Å². The van der Waals surface area contributed by atoms with E-state index >= 15 is 0 Å². The lowest BCUT2D eigenvalue weighted by Gasteiger charge is -2.36. The molecule has 0 atom stereocenters. The molecule has 34 heavy (non-hydrogen) atoms. The van der Waals surface area contributed by atoms with Gasteiger partial charge in [0, 0.05) is 50.7 Å². The van der Waals surface area contributed by atoms with Crippen molar-refractivity contribution in [3.63, 3.8) is 0 Å². The highest BCUT2D eigenvalue weighted by Gasteiger charge is 2.27. The normalized spacial score (nSPS) is 22.0. The van der Waals surface area contributed by atoms with Gasteiger partial charge in [0.25, 0.3) is 5.91 Å². The molecule has 1 aromatic heterocycles. The number of aromatic nitrogens is 1. The maximum absolute atomic E-state index is 12.4. The molecule has 7 nitrogen and oxygen atoms in total. The molecule has 3 fully saturated rings. The summed E-state index contributed by atoms with van der Waals surface area (Å²) in [6.07, 6.45) is 8.81. The van der Waals surface area contributed by atoms with Crippen LogP contribution in [0.1, 0.15) is 67.9 Å². The number of piperidine rings is 2. The van der Waals surface area contributed by atoms with E-state index in [1.807, 2.05) is 18.2 Å². The maximum Gasteiger partial charge on any atom is 0.265 e. The zero-order valence-electron chi connectivity index (χ0n) is 20.3. The van der Waals surface area contributed by atoms with Gasteiger partial charge in [0.05, 0.1) is 18.2 Å². The Balaban J connectivity index is 1.25. The third-order valence-corrected chi connectivity index (χ3v) is 8.26. The molecule has 186 valence electrons. The fourth-order valence-corrected chi connectivity index (χ4v) is 6.14. The average Bonchev–Trinajstić information content (AvgIpc) is 3.51. The molecule has 2 saturated heterocycles. The molecule has 2 aliphatic heterocycles. The van der Waals surface area contributed by atoms with Crippen LogP contribution in [0.15, 0.2) is 24.3 Å². The minimum Gasteiger partial charge on any atom is -0.493 e. The summed E-state index contributed by atoms with van der Waals surface area (Å²) in [5.74, 6) is 1.15. The molecular formula is C27H40N4O3. The number of nitrogens with two attached hydrogens (primary N) is 1. The summed E-state index contributed by atoms with van der Waals surface area (Å²) in [6, 6.07) is 8.37. The lowest BCUT2D eigenvalue weighted by Crippen LogP contribution is -2.43. The lowest BCUT2D eigenvalue weighted by molar-refractivity contribution is 0.0733. The Morgan fingerprint density at radius 1 is 0.971 bits per heavy atom. The van der Waals surface area contributed by atoms with Gasteiger partial charge in [-0.3, -0.25) is 4.79 Å². The third kappa shape index (κ3) is 5.26. The summed E-state index contributed by atoms with van der Waals surface area (Å²) in [6.45, 7) is 6.94. The van der Waals surface area contributed by atoms with Gasteiger partial charge < -0.3 is 29.9 Å². The maximum atomic E-state index is 12.4. The summed E-state index contributed by atoms with van der Waals surface area (Å²) < 4.78 is 8.44. The minimum atomic E-state index is -0.368. The van der Waals surface area contributed by atoms with Crippen molar-refractivity contribution < 1.29 is 14.6 Å². The fourth-order valence-electron chi connectivity index (χ4n) is 6.14. The highest BCUT2D eigenvalue weighted by molar-refractivity contribution is 5.99. The molecular weight excluding hydrogens is 428 g/mol. The van der Waals surface area contributed by atoms with Crippen LogP contribution in [-0.4, -0.2) is 77.4 Å². The highest BCUT2D eigenvalue weighted by atomic mass is 16.5. The van der Waals surface area contributed by atoms with Crippen LogP contribution in [0.4, 0.5) is 0 Å². The van der Waals surface area contributed by atoms with Crippen LogP contribution in [0.2, 0.25) is 0 Å². The Bertz CT molecular complexity index is 968. The van der Waals surface area contributed by atoms with Crippen molar-refractivity contribution in [2.24, 2.45) is 11.7 Å². The number of aliphatic hydroxyl groups excluding tert-OH is 1. The number of ether oxygens (including phenoxy) is 1. The largest absolute Gasteiger partial charge is 0.493 e. The van der Waals surface area contributed by atoms with Crippen LogP contribution in [0.3, 0.4) is 0 Å². The molecule has 1 amide bonds. The molecule has 7 heteroatoms. The average molecular weight is 469 g/mol. The van der Waals surface area contributed by atoms with Crippen molar-refractivity contribution >= 4 is 16.8 Å². The fraction of sp³-hybridized carbons (Fsp3) is 0.667. The summed E-state index contributed by atoms with van der Waals surface area (Å²) in [5, 5.41) is 10.7. The van der Waals surface area contributed by atoms with Crippen molar-refractivity contribution in [1.29, 1.82) is 0 Å². The van der Waals surface area contributed by atoms with Gasteiger partial charge in [-0.2, -0.15) is 0 Å². The Morgan fingerprint density at radius 2 is 1.62 bits per heavy atom. The Kier molecular flexibility index (Phi) is 7.42. The number of aliphatic hydroxyl groups is 1. The Morgan fingerprint density at radius 3 is 2.26 bits per heavy atom. The van der Waals surface area contributed by atoms with E-state index in [0.29, 0.717) is 11.6 Å². The number of nitrogens with zero attached hydrogens (tertiary/aromatic N) is 3. The number of rotatable bonds is 8. The predicted molar refractivity (Wildman–Crippen MR) is 134 cm³/mol. The number of fused-ring (bicyclic) bond motifs is 1. The first-order chi connectivity index (χ1) is 16.6. The van der Waals surface area contributed by atoms with Crippen molar-refractivity contribution in [2.75, 3.05) is 45.9 Å². The molecule has 0 spiro atoms. The second-order valence-electron chi connectivity index (χ2n) is 10.6. The van der Waals surface area contributed by atoms with Crippen molar-refractivity contribution in [3.05, 3.63) is 30.0 Å². The molecule has 0 unspecified atom stereocenters. The zero-order chi connectivity index (χ0) is 23.5. The molecule has 0 radical (unpaired) electrons. The number of amides is 1. The van der Waals surface area contributed by atoms with Gasteiger partial charge in [0.1, 0.15) is 11.4 Å². The van der Waals surface area contributed by atoms with E-state index in [-0.39, 0.29) is 18.1 Å². The summed E-state index contributed by atoms with van der Waals surface area (Å²) >= 11 is 0. The third-order valence-electron chi connectivity index (χ3n) is 8.26. The number of carbonyl (C=O) groups is 1. The number of hydrogen-bond donors (Lipinski definition) is 2. The van der Waals surface area contributed by atoms with Gasteiger partial charge in [-0.15, -0.1) is 0 Å². The quantitative estimate of drug-likeness (QED) is 0.620. The summed E-state index contributed by atoms with van der Waals surface area (Å²) in [4.78, 5) is 17.4. The van der Waals surface area contributed by atoms with Gasteiger partial charge in [0.2, 0.25) is 0 Å². The van der Waals surface area contributed by atoms with E-state index in [0.717, 1.165) is 88.2 Å². The van der Waals surface area contributed by atoms with Crippen LogP contribution in [0.5, 0.6) is 5.75 Å². The molecule has 3 N–H and O–H groups in total. The molecule has 1 aliphatic carbocycles. The lowest BCUT2D eigenvalue weighted by atomic mass is 10.0. The highest BCUT2D eigenvalue weighted by Crippen LogP contribution is 2.35. The van der Waals surface area contributed by atoms with E-state index in [1.165, 1.54) is 25.7 Å². The van der Waals surface area contributed by atoms with E-state index in [4.69, 9.17) is 10.5 Å². The molecule has 0 bridgehead atoms. The van der Waals surface area contributed by atoms with Crippen molar-refractivity contribution in [1.82, 2.24) is 14.4 Å². The second kappa shape index (κ2) is 10.7. The zero-order valence-corrected chi connectivity index (χ0v) is 20.3. The van der Waals surface area contributed by atoms with Crippen LogP contribution in [0, 0.1) is 5.92 Å². The Labute approximate surface area is 202 Å². The van der Waals surface area contributed by atoms with E-state index in [1.54, 1.807) is 0 Å². The monoisotopic (exact) mass is 468 g/mol. The minimum absolute atomic E-state index is 0.114. The Hall–Kier alpha value is -2.09. The number of primary amides is 1. The van der Waals surface area contributed by atoms with Gasteiger partial charge in [-0.1, -0.05) is 18.9 Å². The number of likely N-dealkylation sites (tertiary alicyclic amines) is 2. The van der Waals surface area contributed by atoms with Crippen LogP contribution in [-0.2, 0) is 0 Å². The summed E-state index contributed by atoms with van der Waals surface area (Å²) in [5.41, 5.74) is 7.49. The van der Waals surface area contributed by atoms with E-state index < -0.39 is 0 Å². The van der Waals surface area contributed by atoms with Gasteiger partial charge in [-0.25, -0.2) is 0 Å². The first kappa shape index (κ1) is 23.6. The van der Waals surface area contributed by atoms with Crippen molar-refractivity contribution in [3.8, 4) is 5.75 Å². The molecule has 1 saturated carbocycles. The van der Waals surface area contributed by atoms with Gasteiger partial charge >= 0.3 is 0 Å². The topological polar surface area (TPSA) is 84.0 Å². The molecule has 1 aromatic carbocycles. The molecule has 3 heterocycles. The van der Waals surface area contributed by atoms with Gasteiger partial charge in [0.15, 0.2) is 0 Å². The smallest absolute Gasteiger partial charge is 0.265 e. The number of hydrogen-bond acceptors (Lipinski definition) is 5. The molecule has 5 rings (SSSR count). The molecule has 2 aromatic rings. The predicted octanol–water partition coefficient (Wildman–Crippen LogP) is 3.40. The van der Waals surface area contributed by atoms with E-state index in [9.17, 15) is 9.90 Å². The summed E-state index contributed by atoms with van der Waals surface area (Å²) in [7, 11) is 0. The number of benzene rings is 1. The van der Waals surface area contributed by atoms with Crippen LogP contribution in [0.25, 0.3) is 10.9 Å².